The molecule has 0 amide bonds. The van der Waals surface area contributed by atoms with Crippen LogP contribution in [0.15, 0.2) is 0 Å². The molecule has 0 aromatic carbocycles. The summed E-state index contributed by atoms with van der Waals surface area (Å²) in [5, 5.41) is 3.47. The van der Waals surface area contributed by atoms with Crippen molar-refractivity contribution in [2.75, 3.05) is 20.6 Å². The average Bonchev–Trinajstić information content (AvgIpc) is 2.15. The second-order valence-electron chi connectivity index (χ2n) is 5.44. The molecule has 0 saturated heterocycles. The summed E-state index contributed by atoms with van der Waals surface area (Å²) in [6, 6.07) is 1.40. The second kappa shape index (κ2) is 4.63. The third kappa shape index (κ3) is 2.71. The summed E-state index contributed by atoms with van der Waals surface area (Å²) in [6.45, 7) is 8.19. The zero-order chi connectivity index (χ0) is 10.8. The molecule has 0 spiro atoms. The smallest absolute Gasteiger partial charge is 0.0251 e. The number of hydrogen-bond acceptors (Lipinski definition) is 2. The molecule has 0 bridgehead atoms. The predicted octanol–water partition coefficient (Wildman–Crippen LogP) is 2.10. The van der Waals surface area contributed by atoms with Crippen molar-refractivity contribution in [3.05, 3.63) is 0 Å². The molecule has 2 heteroatoms. The van der Waals surface area contributed by atoms with E-state index in [1.54, 1.807) is 0 Å². The van der Waals surface area contributed by atoms with E-state index in [1.807, 2.05) is 0 Å². The van der Waals surface area contributed by atoms with Crippen LogP contribution >= 0.6 is 0 Å². The number of nitrogens with zero attached hydrogens (tertiary/aromatic N) is 1. The Hall–Kier alpha value is -0.0800. The first kappa shape index (κ1) is 12.0. The minimum atomic E-state index is 0.529. The van der Waals surface area contributed by atoms with Gasteiger partial charge in [0, 0.05) is 12.1 Å². The van der Waals surface area contributed by atoms with Crippen molar-refractivity contribution in [3.8, 4) is 0 Å². The average molecular weight is 198 g/mol. The number of hydrogen-bond donors (Lipinski definition) is 1. The van der Waals surface area contributed by atoms with Crippen LogP contribution in [0.1, 0.15) is 40.0 Å². The highest BCUT2D eigenvalue weighted by Gasteiger charge is 2.35. The quantitative estimate of drug-likeness (QED) is 0.747. The highest BCUT2D eigenvalue weighted by atomic mass is 15.2. The van der Waals surface area contributed by atoms with E-state index < -0.39 is 0 Å². The number of rotatable bonds is 3. The van der Waals surface area contributed by atoms with E-state index in [0.29, 0.717) is 17.5 Å². The van der Waals surface area contributed by atoms with E-state index in [4.69, 9.17) is 0 Å². The van der Waals surface area contributed by atoms with Crippen molar-refractivity contribution in [1.29, 1.82) is 0 Å². The van der Waals surface area contributed by atoms with Gasteiger partial charge in [0.2, 0.25) is 0 Å². The lowest BCUT2D eigenvalue weighted by Gasteiger charge is -2.44. The van der Waals surface area contributed by atoms with Crippen molar-refractivity contribution in [2.45, 2.75) is 52.1 Å². The van der Waals surface area contributed by atoms with E-state index in [-0.39, 0.29) is 0 Å². The lowest BCUT2D eigenvalue weighted by atomic mass is 9.72. The summed E-state index contributed by atoms with van der Waals surface area (Å²) in [5.74, 6) is 0. The Morgan fingerprint density at radius 2 is 2.07 bits per heavy atom. The molecule has 0 radical (unpaired) electrons. The van der Waals surface area contributed by atoms with Crippen molar-refractivity contribution < 1.29 is 0 Å². The van der Waals surface area contributed by atoms with Crippen LogP contribution in [0.4, 0.5) is 0 Å². The molecule has 0 aromatic rings. The molecule has 1 rings (SSSR count). The van der Waals surface area contributed by atoms with Gasteiger partial charge in [0.25, 0.3) is 0 Å². The van der Waals surface area contributed by atoms with Gasteiger partial charge in [-0.15, -0.1) is 0 Å². The molecule has 0 heterocycles. The van der Waals surface area contributed by atoms with Crippen LogP contribution in [-0.2, 0) is 0 Å². The Balaban J connectivity index is 2.65. The van der Waals surface area contributed by atoms with Gasteiger partial charge in [-0.05, 0) is 45.3 Å². The van der Waals surface area contributed by atoms with Gasteiger partial charge in [0.05, 0.1) is 0 Å². The minimum absolute atomic E-state index is 0.529. The largest absolute Gasteiger partial charge is 0.315 e. The van der Waals surface area contributed by atoms with Gasteiger partial charge in [-0.2, -0.15) is 0 Å². The van der Waals surface area contributed by atoms with Crippen LogP contribution < -0.4 is 5.32 Å². The number of nitrogens with one attached hydrogen (secondary N) is 1. The first-order valence-electron chi connectivity index (χ1n) is 5.87. The first-order chi connectivity index (χ1) is 6.50. The summed E-state index contributed by atoms with van der Waals surface area (Å²) in [6.07, 6.45) is 3.99. The Bertz CT molecular complexity index is 177. The molecule has 0 aliphatic heterocycles. The topological polar surface area (TPSA) is 15.3 Å². The van der Waals surface area contributed by atoms with Crippen molar-refractivity contribution in [1.82, 2.24) is 10.2 Å². The molecule has 1 aliphatic carbocycles. The molecule has 2 unspecified atom stereocenters. The molecular formula is C12H26N2. The van der Waals surface area contributed by atoms with Crippen LogP contribution in [0.3, 0.4) is 0 Å². The van der Waals surface area contributed by atoms with Crippen molar-refractivity contribution in [2.24, 2.45) is 5.41 Å². The van der Waals surface area contributed by atoms with Gasteiger partial charge >= 0.3 is 0 Å². The van der Waals surface area contributed by atoms with Gasteiger partial charge in [-0.3, -0.25) is 0 Å². The summed E-state index contributed by atoms with van der Waals surface area (Å²) in [4.78, 5) is 2.49. The van der Waals surface area contributed by atoms with Gasteiger partial charge < -0.3 is 10.2 Å². The molecule has 14 heavy (non-hydrogen) atoms. The normalized spacial score (nSPS) is 32.1. The molecule has 0 aromatic heterocycles. The SMILES string of the molecule is CCN(C)C1CC(C)(C)CCC1NC. The fourth-order valence-corrected chi connectivity index (χ4v) is 2.58. The van der Waals surface area contributed by atoms with Crippen LogP contribution in [0.25, 0.3) is 0 Å². The molecule has 1 aliphatic rings. The van der Waals surface area contributed by atoms with E-state index in [1.165, 1.54) is 19.3 Å². The van der Waals surface area contributed by atoms with E-state index >= 15 is 0 Å². The van der Waals surface area contributed by atoms with E-state index in [0.717, 1.165) is 6.54 Å². The maximum absolute atomic E-state index is 3.47. The van der Waals surface area contributed by atoms with Crippen LogP contribution in [0.5, 0.6) is 0 Å². The zero-order valence-corrected chi connectivity index (χ0v) is 10.4. The Kier molecular flexibility index (Phi) is 3.96. The van der Waals surface area contributed by atoms with Crippen LogP contribution in [-0.4, -0.2) is 37.6 Å². The predicted molar refractivity (Wildman–Crippen MR) is 62.6 cm³/mol. The summed E-state index contributed by atoms with van der Waals surface area (Å²) >= 11 is 0. The first-order valence-corrected chi connectivity index (χ1v) is 5.87. The van der Waals surface area contributed by atoms with Gasteiger partial charge in [-0.1, -0.05) is 20.8 Å². The van der Waals surface area contributed by atoms with Crippen molar-refractivity contribution in [3.63, 3.8) is 0 Å². The molecule has 2 nitrogen and oxygen atoms in total. The van der Waals surface area contributed by atoms with Crippen LogP contribution in [0, 0.1) is 5.41 Å². The summed E-state index contributed by atoms with van der Waals surface area (Å²) in [7, 11) is 4.34. The molecule has 1 saturated carbocycles. The Labute approximate surface area is 89.1 Å². The summed E-state index contributed by atoms with van der Waals surface area (Å²) in [5.41, 5.74) is 0.529. The lowest BCUT2D eigenvalue weighted by Crippen LogP contribution is -2.52. The second-order valence-corrected chi connectivity index (χ2v) is 5.44. The van der Waals surface area contributed by atoms with Crippen molar-refractivity contribution >= 4 is 0 Å². The summed E-state index contributed by atoms with van der Waals surface area (Å²) < 4.78 is 0. The lowest BCUT2D eigenvalue weighted by molar-refractivity contribution is 0.0884. The third-order valence-corrected chi connectivity index (χ3v) is 3.79. The van der Waals surface area contributed by atoms with Gasteiger partial charge in [0.1, 0.15) is 0 Å². The van der Waals surface area contributed by atoms with E-state index in [2.05, 4.69) is 45.1 Å². The molecule has 84 valence electrons. The highest BCUT2D eigenvalue weighted by molar-refractivity contribution is 4.92. The fourth-order valence-electron chi connectivity index (χ4n) is 2.58. The monoisotopic (exact) mass is 198 g/mol. The zero-order valence-electron chi connectivity index (χ0n) is 10.4. The standard InChI is InChI=1S/C12H26N2/c1-6-14(5)11-9-12(2,3)8-7-10(11)13-4/h10-11,13H,6-9H2,1-5H3. The molecule has 2 atom stereocenters. The van der Waals surface area contributed by atoms with Gasteiger partial charge in [-0.25, -0.2) is 0 Å². The number of likely N-dealkylation sites (N-methyl/N-ethyl adjacent to an activating group) is 2. The van der Waals surface area contributed by atoms with E-state index in [9.17, 15) is 0 Å². The van der Waals surface area contributed by atoms with Gasteiger partial charge in [0.15, 0.2) is 0 Å². The Morgan fingerprint density at radius 1 is 1.43 bits per heavy atom. The fraction of sp³-hybridized carbons (Fsp3) is 1.00. The minimum Gasteiger partial charge on any atom is -0.315 e. The maximum Gasteiger partial charge on any atom is 0.0251 e. The Morgan fingerprint density at radius 3 is 2.57 bits per heavy atom. The maximum atomic E-state index is 3.47. The highest BCUT2D eigenvalue weighted by Crippen LogP contribution is 2.36. The third-order valence-electron chi connectivity index (χ3n) is 3.79. The molecular weight excluding hydrogens is 172 g/mol. The molecule has 1 fully saturated rings. The van der Waals surface area contributed by atoms with Crippen LogP contribution in [0.2, 0.25) is 0 Å². The molecule has 1 N–H and O–H groups in total.